The van der Waals surface area contributed by atoms with Gasteiger partial charge in [-0.1, -0.05) is 0 Å². The predicted molar refractivity (Wildman–Crippen MR) is 94.5 cm³/mol. The topological polar surface area (TPSA) is 134 Å². The Kier molecular flexibility index (Phi) is 4.36. The van der Waals surface area contributed by atoms with Crippen LogP contribution in [0.4, 0.5) is 0 Å². The maximum atomic E-state index is 12.2. The van der Waals surface area contributed by atoms with Crippen LogP contribution in [-0.4, -0.2) is 33.8 Å². The van der Waals surface area contributed by atoms with Crippen LogP contribution in [0, 0.1) is 5.41 Å². The van der Waals surface area contributed by atoms with Gasteiger partial charge in [-0.25, -0.2) is 4.98 Å². The number of ether oxygens (including phenoxy) is 1. The van der Waals surface area contributed by atoms with Crippen molar-refractivity contribution in [1.82, 2.24) is 14.9 Å². The smallest absolute Gasteiger partial charge is 0.276 e. The van der Waals surface area contributed by atoms with Gasteiger partial charge < -0.3 is 21.2 Å². The van der Waals surface area contributed by atoms with Gasteiger partial charge in [-0.2, -0.15) is 0 Å². The number of carbonyl (C=O) groups is 1. The van der Waals surface area contributed by atoms with E-state index in [1.165, 1.54) is 7.05 Å². The zero-order valence-electron chi connectivity index (χ0n) is 13.6. The molecule has 0 aliphatic rings. The van der Waals surface area contributed by atoms with Gasteiger partial charge in [-0.3, -0.25) is 15.1 Å². The number of H-pyrrole nitrogens is 1. The fourth-order valence-electron chi connectivity index (χ4n) is 2.33. The van der Waals surface area contributed by atoms with E-state index >= 15 is 0 Å². The monoisotopic (exact) mass is 338 g/mol. The summed E-state index contributed by atoms with van der Waals surface area (Å²) in [6.45, 7) is 0.406. The molecule has 0 spiro atoms. The van der Waals surface area contributed by atoms with Gasteiger partial charge in [0.05, 0.1) is 0 Å². The molecule has 1 amide bonds. The van der Waals surface area contributed by atoms with E-state index in [4.69, 9.17) is 21.6 Å². The van der Waals surface area contributed by atoms with Gasteiger partial charge in [0, 0.05) is 42.8 Å². The van der Waals surface area contributed by atoms with E-state index < -0.39 is 0 Å². The van der Waals surface area contributed by atoms with Crippen LogP contribution in [0.1, 0.15) is 16.1 Å². The first-order valence-corrected chi connectivity index (χ1v) is 7.55. The minimum atomic E-state index is -0.386. The van der Waals surface area contributed by atoms with Crippen LogP contribution in [0.25, 0.3) is 10.9 Å². The fourth-order valence-corrected chi connectivity index (χ4v) is 2.33. The van der Waals surface area contributed by atoms with E-state index in [0.717, 1.165) is 21.4 Å². The number of nitrogens with two attached hydrogens (primary N) is 2. The Morgan fingerprint density at radius 1 is 1.32 bits per heavy atom. The maximum Gasteiger partial charge on any atom is 0.276 e. The highest BCUT2D eigenvalue weighted by Crippen LogP contribution is 2.25. The van der Waals surface area contributed by atoms with Gasteiger partial charge in [0.1, 0.15) is 11.4 Å². The number of aromatic amines is 1. The number of amides is 1. The SMILES string of the molecule is CN(C(=N)N)C(=O)c1cc2ccc(Oc3cc(CN)ccn3)cc2[nH]1. The number of aromatic nitrogens is 2. The van der Waals surface area contributed by atoms with E-state index in [1.807, 2.05) is 12.1 Å². The van der Waals surface area contributed by atoms with E-state index in [9.17, 15) is 4.79 Å². The summed E-state index contributed by atoms with van der Waals surface area (Å²) in [5.74, 6) is 0.318. The third kappa shape index (κ3) is 3.43. The molecule has 0 unspecified atom stereocenters. The number of pyridine rings is 1. The van der Waals surface area contributed by atoms with Crippen molar-refractivity contribution in [3.8, 4) is 11.6 Å². The first kappa shape index (κ1) is 16.5. The molecule has 3 aromatic rings. The number of carbonyl (C=O) groups excluding carboxylic acids is 1. The lowest BCUT2D eigenvalue weighted by atomic mass is 10.2. The van der Waals surface area contributed by atoms with Crippen LogP contribution in [0.3, 0.4) is 0 Å². The molecular weight excluding hydrogens is 320 g/mol. The first-order valence-electron chi connectivity index (χ1n) is 7.55. The van der Waals surface area contributed by atoms with Crippen molar-refractivity contribution in [1.29, 1.82) is 5.41 Å². The lowest BCUT2D eigenvalue weighted by Crippen LogP contribution is -2.38. The summed E-state index contributed by atoms with van der Waals surface area (Å²) in [6, 6.07) is 10.7. The van der Waals surface area contributed by atoms with E-state index in [1.54, 1.807) is 30.5 Å². The molecule has 3 rings (SSSR count). The zero-order chi connectivity index (χ0) is 18.0. The summed E-state index contributed by atoms with van der Waals surface area (Å²) in [7, 11) is 1.45. The number of hydrogen-bond donors (Lipinski definition) is 4. The Balaban J connectivity index is 1.87. The van der Waals surface area contributed by atoms with Crippen LogP contribution < -0.4 is 16.2 Å². The lowest BCUT2D eigenvalue weighted by molar-refractivity contribution is 0.0864. The van der Waals surface area contributed by atoms with Crippen LogP contribution in [0.5, 0.6) is 11.6 Å². The molecule has 0 bridgehead atoms. The van der Waals surface area contributed by atoms with E-state index in [2.05, 4.69) is 9.97 Å². The number of benzene rings is 1. The van der Waals surface area contributed by atoms with Gasteiger partial charge in [0.15, 0.2) is 5.96 Å². The summed E-state index contributed by atoms with van der Waals surface area (Å²) >= 11 is 0. The Bertz CT molecular complexity index is 949. The van der Waals surface area contributed by atoms with Crippen molar-refractivity contribution >= 4 is 22.8 Å². The lowest BCUT2D eigenvalue weighted by Gasteiger charge is -2.12. The van der Waals surface area contributed by atoms with Crippen LogP contribution in [0.15, 0.2) is 42.6 Å². The van der Waals surface area contributed by atoms with Gasteiger partial charge in [-0.15, -0.1) is 0 Å². The van der Waals surface area contributed by atoms with E-state index in [0.29, 0.717) is 23.9 Å². The van der Waals surface area contributed by atoms with Crippen LogP contribution in [-0.2, 0) is 6.54 Å². The molecule has 0 radical (unpaired) electrons. The molecule has 128 valence electrons. The third-order valence-electron chi connectivity index (χ3n) is 3.75. The fraction of sp³-hybridized carbons (Fsp3) is 0.118. The Labute approximate surface area is 143 Å². The molecule has 0 saturated carbocycles. The van der Waals surface area contributed by atoms with Crippen molar-refractivity contribution < 1.29 is 9.53 Å². The Hall–Kier alpha value is -3.39. The van der Waals surface area contributed by atoms with Crippen molar-refractivity contribution in [2.24, 2.45) is 11.5 Å². The van der Waals surface area contributed by atoms with Crippen LogP contribution in [0.2, 0.25) is 0 Å². The molecule has 1 aromatic carbocycles. The molecule has 0 aliphatic carbocycles. The molecule has 2 aromatic heterocycles. The summed E-state index contributed by atoms with van der Waals surface area (Å²) in [6.07, 6.45) is 1.64. The molecular formula is C17H18N6O2. The van der Waals surface area contributed by atoms with Gasteiger partial charge >= 0.3 is 0 Å². The number of guanidine groups is 1. The second-order valence-corrected chi connectivity index (χ2v) is 5.49. The minimum Gasteiger partial charge on any atom is -0.439 e. The normalized spacial score (nSPS) is 10.6. The summed E-state index contributed by atoms with van der Waals surface area (Å²) in [4.78, 5) is 20.5. The molecule has 0 fully saturated rings. The molecule has 25 heavy (non-hydrogen) atoms. The van der Waals surface area contributed by atoms with Gasteiger partial charge in [0.2, 0.25) is 5.88 Å². The van der Waals surface area contributed by atoms with Crippen LogP contribution >= 0.6 is 0 Å². The highest BCUT2D eigenvalue weighted by atomic mass is 16.5. The highest BCUT2D eigenvalue weighted by Gasteiger charge is 2.16. The summed E-state index contributed by atoms with van der Waals surface area (Å²) < 4.78 is 5.75. The predicted octanol–water partition coefficient (Wildman–Crippen LogP) is 1.78. The standard InChI is InChI=1S/C17H18N6O2/c1-23(17(19)20)16(24)14-7-11-2-3-12(8-13(11)22-14)25-15-6-10(9-18)4-5-21-15/h2-8,22H,9,18H2,1H3,(H3,19,20). The summed E-state index contributed by atoms with van der Waals surface area (Å²) in [5.41, 5.74) is 12.9. The van der Waals surface area contributed by atoms with Gasteiger partial charge in [0.25, 0.3) is 5.91 Å². The van der Waals surface area contributed by atoms with Crippen molar-refractivity contribution in [3.63, 3.8) is 0 Å². The minimum absolute atomic E-state index is 0.321. The average molecular weight is 338 g/mol. The highest BCUT2D eigenvalue weighted by molar-refractivity contribution is 6.05. The van der Waals surface area contributed by atoms with Gasteiger partial charge in [-0.05, 0) is 29.8 Å². The average Bonchev–Trinajstić information content (AvgIpc) is 3.03. The third-order valence-corrected chi connectivity index (χ3v) is 3.75. The molecule has 8 nitrogen and oxygen atoms in total. The number of nitrogens with zero attached hydrogens (tertiary/aromatic N) is 2. The molecule has 0 aliphatic heterocycles. The molecule has 6 N–H and O–H groups in total. The Morgan fingerprint density at radius 3 is 2.84 bits per heavy atom. The van der Waals surface area contributed by atoms with E-state index in [-0.39, 0.29) is 11.9 Å². The van der Waals surface area contributed by atoms with Crippen molar-refractivity contribution in [2.75, 3.05) is 7.05 Å². The quantitative estimate of drug-likeness (QED) is 0.425. The first-order chi connectivity index (χ1) is 12.0. The van der Waals surface area contributed by atoms with Crippen molar-refractivity contribution in [2.45, 2.75) is 6.54 Å². The number of rotatable bonds is 4. The second-order valence-electron chi connectivity index (χ2n) is 5.49. The molecule has 0 saturated heterocycles. The Morgan fingerprint density at radius 2 is 2.12 bits per heavy atom. The second kappa shape index (κ2) is 6.62. The largest absolute Gasteiger partial charge is 0.439 e. The molecule has 8 heteroatoms. The summed E-state index contributed by atoms with van der Waals surface area (Å²) in [5, 5.41) is 8.18. The number of hydrogen-bond acceptors (Lipinski definition) is 5. The molecule has 2 heterocycles. The van der Waals surface area contributed by atoms with Crippen molar-refractivity contribution in [3.05, 3.63) is 53.9 Å². The maximum absolute atomic E-state index is 12.2. The molecule has 0 atom stereocenters. The zero-order valence-corrected chi connectivity index (χ0v) is 13.6. The number of fused-ring (bicyclic) bond motifs is 1. The number of nitrogens with one attached hydrogen (secondary N) is 2.